The van der Waals surface area contributed by atoms with E-state index < -0.39 is 36.7 Å². The molecule has 0 bridgehead atoms. The van der Waals surface area contributed by atoms with Crippen LogP contribution in [0.3, 0.4) is 0 Å². The number of rotatable bonds is 12. The number of carboxylic acid groups (broad SMARTS) is 1. The first-order valence-corrected chi connectivity index (χ1v) is 13.6. The minimum atomic E-state index is -1.15. The molecule has 40 heavy (non-hydrogen) atoms. The maximum Gasteiger partial charge on any atom is 0.407 e. The van der Waals surface area contributed by atoms with Gasteiger partial charge in [0.15, 0.2) is 0 Å². The van der Waals surface area contributed by atoms with Gasteiger partial charge in [-0.3, -0.25) is 9.59 Å². The van der Waals surface area contributed by atoms with Gasteiger partial charge >= 0.3 is 12.1 Å². The van der Waals surface area contributed by atoms with Crippen LogP contribution in [0.1, 0.15) is 49.8 Å². The Morgan fingerprint density at radius 2 is 1.48 bits per heavy atom. The molecule has 210 valence electrons. The summed E-state index contributed by atoms with van der Waals surface area (Å²) in [4.78, 5) is 39.6. The number of hydrogen-bond donors (Lipinski definition) is 2. The van der Waals surface area contributed by atoms with Crippen molar-refractivity contribution in [3.8, 4) is 11.1 Å². The third kappa shape index (κ3) is 6.69. The van der Waals surface area contributed by atoms with Crippen LogP contribution >= 0.6 is 0 Å². The normalized spacial score (nSPS) is 14.4. The molecule has 2 N–H and O–H groups in total. The predicted octanol–water partition coefficient (Wildman–Crippen LogP) is 5.21. The van der Waals surface area contributed by atoms with E-state index in [4.69, 9.17) is 9.47 Å². The second-order valence-corrected chi connectivity index (χ2v) is 10.1. The van der Waals surface area contributed by atoms with Crippen molar-refractivity contribution in [3.05, 3.63) is 95.6 Å². The van der Waals surface area contributed by atoms with Gasteiger partial charge in [0, 0.05) is 12.0 Å². The van der Waals surface area contributed by atoms with Crippen molar-refractivity contribution >= 4 is 18.0 Å². The van der Waals surface area contributed by atoms with Crippen molar-refractivity contribution in [1.29, 1.82) is 0 Å². The lowest BCUT2D eigenvalue weighted by atomic mass is 9.98. The van der Waals surface area contributed by atoms with E-state index in [9.17, 15) is 19.5 Å². The van der Waals surface area contributed by atoms with Crippen LogP contribution in [0, 0.1) is 0 Å². The molecule has 3 aromatic rings. The summed E-state index contributed by atoms with van der Waals surface area (Å²) >= 11 is 0. The van der Waals surface area contributed by atoms with E-state index in [1.165, 1.54) is 4.90 Å². The Morgan fingerprint density at radius 1 is 0.900 bits per heavy atom. The molecule has 8 nitrogen and oxygen atoms in total. The number of benzene rings is 3. The van der Waals surface area contributed by atoms with Crippen LogP contribution in [0.25, 0.3) is 11.1 Å². The molecular weight excluding hydrogens is 508 g/mol. The van der Waals surface area contributed by atoms with E-state index in [1.54, 1.807) is 13.8 Å². The number of aliphatic carboxylic acids is 1. The third-order valence-corrected chi connectivity index (χ3v) is 7.42. The number of alkyl carbamates (subject to hydrolysis) is 1. The van der Waals surface area contributed by atoms with E-state index >= 15 is 0 Å². The lowest BCUT2D eigenvalue weighted by Crippen LogP contribution is -2.57. The van der Waals surface area contributed by atoms with Crippen molar-refractivity contribution in [1.82, 2.24) is 10.2 Å². The van der Waals surface area contributed by atoms with Crippen LogP contribution in [0.4, 0.5) is 4.79 Å². The number of fused-ring (bicyclic) bond motifs is 3. The van der Waals surface area contributed by atoms with Crippen LogP contribution in [-0.2, 0) is 25.7 Å². The lowest BCUT2D eigenvalue weighted by Gasteiger charge is -2.33. The highest BCUT2D eigenvalue weighted by molar-refractivity contribution is 5.89. The smallest absolute Gasteiger partial charge is 0.407 e. The fourth-order valence-corrected chi connectivity index (χ4v) is 5.04. The van der Waals surface area contributed by atoms with Gasteiger partial charge in [0.1, 0.15) is 19.2 Å². The summed E-state index contributed by atoms with van der Waals surface area (Å²) in [5.41, 5.74) is 5.29. The Hall–Kier alpha value is -4.17. The average Bonchev–Trinajstić information content (AvgIpc) is 3.29. The molecule has 4 rings (SSSR count). The zero-order valence-electron chi connectivity index (χ0n) is 23.1. The van der Waals surface area contributed by atoms with Crippen LogP contribution in [-0.4, -0.2) is 59.3 Å². The van der Waals surface area contributed by atoms with E-state index in [2.05, 4.69) is 17.4 Å². The largest absolute Gasteiger partial charge is 0.480 e. The first-order valence-electron chi connectivity index (χ1n) is 13.6. The highest BCUT2D eigenvalue weighted by atomic mass is 16.5. The first-order chi connectivity index (χ1) is 19.3. The number of nitrogens with one attached hydrogen (secondary N) is 1. The van der Waals surface area contributed by atoms with Crippen LogP contribution < -0.4 is 5.32 Å². The molecule has 1 aliphatic rings. The molecule has 0 radical (unpaired) electrons. The van der Waals surface area contributed by atoms with Crippen LogP contribution in [0.15, 0.2) is 78.9 Å². The van der Waals surface area contributed by atoms with Gasteiger partial charge in [-0.15, -0.1) is 0 Å². The van der Waals surface area contributed by atoms with Gasteiger partial charge in [-0.2, -0.15) is 0 Å². The Balaban J connectivity index is 1.50. The maximum atomic E-state index is 13.7. The fraction of sp³-hybridized carbons (Fsp3) is 0.344. The summed E-state index contributed by atoms with van der Waals surface area (Å²) in [5, 5.41) is 12.1. The summed E-state index contributed by atoms with van der Waals surface area (Å²) in [5.74, 6) is -1.81. The fourth-order valence-electron chi connectivity index (χ4n) is 5.04. The van der Waals surface area contributed by atoms with Crippen LogP contribution in [0.2, 0.25) is 0 Å². The highest BCUT2D eigenvalue weighted by Gasteiger charge is 2.35. The van der Waals surface area contributed by atoms with Crippen molar-refractivity contribution < 1.29 is 29.0 Å². The van der Waals surface area contributed by atoms with Gasteiger partial charge in [-0.25, -0.2) is 4.79 Å². The monoisotopic (exact) mass is 544 g/mol. The van der Waals surface area contributed by atoms with Crippen molar-refractivity contribution in [2.45, 2.75) is 57.9 Å². The van der Waals surface area contributed by atoms with Crippen LogP contribution in [0.5, 0.6) is 0 Å². The Bertz CT molecular complexity index is 1280. The molecule has 0 aliphatic heterocycles. The Labute approximate surface area is 234 Å². The Morgan fingerprint density at radius 3 is 2.05 bits per heavy atom. The Kier molecular flexibility index (Phi) is 9.56. The molecule has 0 saturated heterocycles. The molecule has 8 heteroatoms. The number of hydrogen-bond acceptors (Lipinski definition) is 5. The van der Waals surface area contributed by atoms with E-state index in [-0.39, 0.29) is 25.2 Å². The number of ether oxygens (including phenoxy) is 2. The number of amides is 2. The zero-order chi connectivity index (χ0) is 28.6. The predicted molar refractivity (Wildman–Crippen MR) is 152 cm³/mol. The molecule has 0 aromatic heterocycles. The molecule has 3 atom stereocenters. The molecule has 3 aromatic carbocycles. The van der Waals surface area contributed by atoms with E-state index in [0.717, 1.165) is 27.8 Å². The quantitative estimate of drug-likeness (QED) is 0.324. The standard InChI is InChI=1S/C32H36N2O6/c1-4-21(2)34(18-29(35)36)31(37)30(22(3)39-19-23-12-6-5-7-13-23)33-32(38)40-20-28-26-16-10-8-14-24(26)25-15-9-11-17-27(25)28/h5-17,21-22,28,30H,4,18-20H2,1-3H3,(H,33,38)(H,35,36). The van der Waals surface area contributed by atoms with Crippen molar-refractivity contribution in [3.63, 3.8) is 0 Å². The molecule has 0 heterocycles. The summed E-state index contributed by atoms with van der Waals surface area (Å²) in [6.07, 6.45) is -0.973. The van der Waals surface area contributed by atoms with E-state index in [1.807, 2.05) is 73.7 Å². The van der Waals surface area contributed by atoms with Gasteiger partial charge in [0.25, 0.3) is 0 Å². The minimum Gasteiger partial charge on any atom is -0.480 e. The van der Waals surface area contributed by atoms with Crippen molar-refractivity contribution in [2.24, 2.45) is 0 Å². The highest BCUT2D eigenvalue weighted by Crippen LogP contribution is 2.44. The number of nitrogens with zero attached hydrogens (tertiary/aromatic N) is 1. The van der Waals surface area contributed by atoms with Gasteiger partial charge in [-0.05, 0) is 48.1 Å². The summed E-state index contributed by atoms with van der Waals surface area (Å²) in [7, 11) is 0. The third-order valence-electron chi connectivity index (χ3n) is 7.42. The average molecular weight is 545 g/mol. The number of carbonyl (C=O) groups is 3. The van der Waals surface area contributed by atoms with E-state index in [0.29, 0.717) is 6.42 Å². The van der Waals surface area contributed by atoms with Gasteiger partial charge in [0.05, 0.1) is 12.7 Å². The molecular formula is C32H36N2O6. The molecule has 2 amide bonds. The second-order valence-electron chi connectivity index (χ2n) is 10.1. The summed E-state index contributed by atoms with van der Waals surface area (Å²) < 4.78 is 11.7. The summed E-state index contributed by atoms with van der Waals surface area (Å²) in [6.45, 7) is 5.16. The van der Waals surface area contributed by atoms with Crippen molar-refractivity contribution in [2.75, 3.05) is 13.2 Å². The lowest BCUT2D eigenvalue weighted by molar-refractivity contribution is -0.149. The first kappa shape index (κ1) is 28.8. The SMILES string of the molecule is CCC(C)N(CC(=O)O)C(=O)C(NC(=O)OCC1c2ccccc2-c2ccccc21)C(C)OCc1ccccc1. The summed E-state index contributed by atoms with van der Waals surface area (Å²) in [6, 6.07) is 24.0. The maximum absolute atomic E-state index is 13.7. The van der Waals surface area contributed by atoms with Gasteiger partial charge in [0.2, 0.25) is 5.91 Å². The molecule has 1 aliphatic carbocycles. The molecule has 3 unspecified atom stereocenters. The van der Waals surface area contributed by atoms with Gasteiger partial charge in [-0.1, -0.05) is 85.8 Å². The molecule has 0 fully saturated rings. The topological polar surface area (TPSA) is 105 Å². The molecule has 0 spiro atoms. The second kappa shape index (κ2) is 13.3. The minimum absolute atomic E-state index is 0.0875. The number of carbonyl (C=O) groups excluding carboxylic acids is 2. The molecule has 0 saturated carbocycles. The van der Waals surface area contributed by atoms with Gasteiger partial charge < -0.3 is 24.8 Å². The zero-order valence-corrected chi connectivity index (χ0v) is 23.1. The number of carboxylic acids is 1.